The van der Waals surface area contributed by atoms with E-state index in [-0.39, 0.29) is 12.3 Å². The molecular weight excluding hydrogens is 380 g/mol. The van der Waals surface area contributed by atoms with Crippen LogP contribution in [0, 0.1) is 0 Å². The molecule has 1 aliphatic carbocycles. The third-order valence-electron chi connectivity index (χ3n) is 3.38. The lowest BCUT2D eigenvalue weighted by Gasteiger charge is -2.10. The van der Waals surface area contributed by atoms with Crippen molar-refractivity contribution in [3.05, 3.63) is 75.1 Å². The van der Waals surface area contributed by atoms with Gasteiger partial charge in [0.05, 0.1) is 17.5 Å². The minimum atomic E-state index is -0.301. The number of benzene rings is 2. The third kappa shape index (κ3) is 3.46. The lowest BCUT2D eigenvalue weighted by Crippen LogP contribution is -2.12. The van der Waals surface area contributed by atoms with E-state index in [4.69, 9.17) is 11.6 Å². The second kappa shape index (κ2) is 6.56. The molecule has 1 N–H and O–H groups in total. The number of rotatable bonds is 2. The van der Waals surface area contributed by atoms with Gasteiger partial charge in [0.1, 0.15) is 0 Å². The molecule has 0 atom stereocenters. The fourth-order valence-corrected chi connectivity index (χ4v) is 3.07. The molecule has 2 aliphatic rings. The fourth-order valence-electron chi connectivity index (χ4n) is 2.30. The van der Waals surface area contributed by atoms with Crippen LogP contribution >= 0.6 is 27.5 Å². The van der Waals surface area contributed by atoms with Gasteiger partial charge in [0.15, 0.2) is 0 Å². The van der Waals surface area contributed by atoms with Crippen molar-refractivity contribution in [3.63, 3.8) is 0 Å². The fraction of sp³-hybridized carbons (Fsp3) is 0.0588. The Morgan fingerprint density at radius 3 is 2.78 bits per heavy atom. The largest absolute Gasteiger partial charge is 0.428 e. The quantitative estimate of drug-likeness (QED) is 0.673. The summed E-state index contributed by atoms with van der Waals surface area (Å²) in [5.74, 6) is -0.301. The number of nitrogens with zero attached hydrogens (tertiary/aromatic N) is 2. The molecule has 0 radical (unpaired) electrons. The van der Waals surface area contributed by atoms with Crippen molar-refractivity contribution in [2.24, 2.45) is 4.99 Å². The smallest absolute Gasteiger partial charge is 0.250 e. The summed E-state index contributed by atoms with van der Waals surface area (Å²) in [5, 5.41) is 10.9. The van der Waals surface area contributed by atoms with Gasteiger partial charge in [-0.05, 0) is 29.8 Å². The van der Waals surface area contributed by atoms with Crippen LogP contribution < -0.4 is 5.36 Å². The highest BCUT2D eigenvalue weighted by molar-refractivity contribution is 9.10. The molecule has 1 aromatic carbocycles. The molecule has 0 unspecified atom stereocenters. The highest BCUT2D eigenvalue weighted by Gasteiger charge is 2.10. The van der Waals surface area contributed by atoms with Crippen LogP contribution in [-0.2, 0) is 11.2 Å². The van der Waals surface area contributed by atoms with Gasteiger partial charge in [-0.1, -0.05) is 51.8 Å². The molecule has 3 rings (SSSR count). The van der Waals surface area contributed by atoms with E-state index in [0.29, 0.717) is 16.1 Å². The summed E-state index contributed by atoms with van der Waals surface area (Å²) < 4.78 is 1.75. The third-order valence-corrected chi connectivity index (χ3v) is 4.41. The van der Waals surface area contributed by atoms with Crippen LogP contribution in [0.2, 0.25) is 5.02 Å². The first-order chi connectivity index (χ1) is 11.0. The second-order valence-corrected chi connectivity index (χ2v) is 6.25. The molecule has 1 aliphatic heterocycles. The van der Waals surface area contributed by atoms with Crippen molar-refractivity contribution in [2.45, 2.75) is 6.42 Å². The highest BCUT2D eigenvalue weighted by Crippen LogP contribution is 2.27. The maximum atomic E-state index is 12.2. The zero-order valence-corrected chi connectivity index (χ0v) is 14.3. The number of hydrogen-bond donors (Lipinski definition) is 1. The first-order valence-corrected chi connectivity index (χ1v) is 8.03. The van der Waals surface area contributed by atoms with E-state index in [9.17, 15) is 10.0 Å². The number of hydrogen-bond acceptors (Lipinski definition) is 2. The number of carbonyl (C=O) groups excluding carboxylic acids is 1. The Kier molecular flexibility index (Phi) is 4.50. The highest BCUT2D eigenvalue weighted by atomic mass is 79.9. The van der Waals surface area contributed by atoms with Gasteiger partial charge < -0.3 is 5.21 Å². The molecule has 0 saturated heterocycles. The molecule has 1 amide bonds. The normalized spacial score (nSPS) is 11.8. The summed E-state index contributed by atoms with van der Waals surface area (Å²) in [5.41, 5.74) is 2.12. The van der Waals surface area contributed by atoms with Crippen LogP contribution in [0.1, 0.15) is 5.56 Å². The van der Waals surface area contributed by atoms with E-state index < -0.39 is 0 Å². The Morgan fingerprint density at radius 1 is 1.22 bits per heavy atom. The summed E-state index contributed by atoms with van der Waals surface area (Å²) in [7, 11) is 0. The summed E-state index contributed by atoms with van der Waals surface area (Å²) in [6.45, 7) is 0. The summed E-state index contributed by atoms with van der Waals surface area (Å²) in [4.78, 5) is 16.3. The van der Waals surface area contributed by atoms with E-state index in [2.05, 4.69) is 20.9 Å². The minimum absolute atomic E-state index is 0.128. The SMILES string of the molecule is O=C(Cc1ccccc1Cl)N=c1cc(Br)c2cccn(O)c-2c1. The molecular formula is C17H12BrClN2O2. The lowest BCUT2D eigenvalue weighted by molar-refractivity contribution is -0.117. The average molecular weight is 392 g/mol. The number of carbonyl (C=O) groups is 1. The molecule has 6 heteroatoms. The van der Waals surface area contributed by atoms with Crippen LogP contribution in [-0.4, -0.2) is 15.8 Å². The van der Waals surface area contributed by atoms with Gasteiger partial charge in [-0.25, -0.2) is 4.99 Å². The number of aromatic nitrogens is 1. The Morgan fingerprint density at radius 2 is 2.00 bits per heavy atom. The van der Waals surface area contributed by atoms with Crippen LogP contribution in [0.5, 0.6) is 0 Å². The van der Waals surface area contributed by atoms with Crippen molar-refractivity contribution in [3.8, 4) is 11.3 Å². The van der Waals surface area contributed by atoms with E-state index in [1.165, 1.54) is 6.20 Å². The summed E-state index contributed by atoms with van der Waals surface area (Å²) >= 11 is 9.49. The monoisotopic (exact) mass is 390 g/mol. The number of fused-ring (bicyclic) bond motifs is 1. The second-order valence-electron chi connectivity index (χ2n) is 4.99. The lowest BCUT2D eigenvalue weighted by atomic mass is 10.1. The topological polar surface area (TPSA) is 54.6 Å². The number of pyridine rings is 1. The molecule has 0 aromatic heterocycles. The van der Waals surface area contributed by atoms with Crippen molar-refractivity contribution >= 4 is 33.4 Å². The van der Waals surface area contributed by atoms with Crippen molar-refractivity contribution in [2.75, 3.05) is 0 Å². The summed E-state index contributed by atoms with van der Waals surface area (Å²) in [6, 6.07) is 14.2. The van der Waals surface area contributed by atoms with E-state index in [0.717, 1.165) is 20.3 Å². The van der Waals surface area contributed by atoms with Crippen molar-refractivity contribution in [1.82, 2.24) is 4.73 Å². The van der Waals surface area contributed by atoms with Gasteiger partial charge in [0.2, 0.25) is 0 Å². The Bertz CT molecular complexity index is 921. The molecule has 23 heavy (non-hydrogen) atoms. The minimum Gasteiger partial charge on any atom is -0.428 e. The van der Waals surface area contributed by atoms with Gasteiger partial charge in [-0.2, -0.15) is 4.73 Å². The molecule has 0 spiro atoms. The zero-order valence-electron chi connectivity index (χ0n) is 11.9. The van der Waals surface area contributed by atoms with E-state index in [1.54, 1.807) is 30.3 Å². The number of halogens is 2. The molecule has 116 valence electrons. The molecule has 1 heterocycles. The molecule has 1 aromatic rings. The maximum absolute atomic E-state index is 12.2. The number of amides is 1. The van der Waals surface area contributed by atoms with Gasteiger partial charge in [-0.15, -0.1) is 0 Å². The van der Waals surface area contributed by atoms with Gasteiger partial charge >= 0.3 is 0 Å². The maximum Gasteiger partial charge on any atom is 0.250 e. The van der Waals surface area contributed by atoms with Crippen LogP contribution in [0.25, 0.3) is 11.3 Å². The van der Waals surface area contributed by atoms with Crippen LogP contribution in [0.4, 0.5) is 0 Å². The van der Waals surface area contributed by atoms with E-state index in [1.807, 2.05) is 18.2 Å². The summed E-state index contributed by atoms with van der Waals surface area (Å²) in [6.07, 6.45) is 1.65. The standard InChI is InChI=1S/C17H12BrClN2O2/c18-14-9-12(10-16-13(14)5-3-7-21(16)23)20-17(22)8-11-4-1-2-6-15(11)19/h1-7,9-10,23H,8H2. The van der Waals surface area contributed by atoms with Crippen LogP contribution in [0.3, 0.4) is 0 Å². The first kappa shape index (κ1) is 15.8. The Hall–Kier alpha value is -2.11. The molecule has 4 nitrogen and oxygen atoms in total. The predicted molar refractivity (Wildman–Crippen MR) is 91.7 cm³/mol. The Labute approximate surface area is 146 Å². The van der Waals surface area contributed by atoms with Crippen molar-refractivity contribution in [1.29, 1.82) is 0 Å². The van der Waals surface area contributed by atoms with E-state index >= 15 is 0 Å². The molecule has 0 fully saturated rings. The average Bonchev–Trinajstić information content (AvgIpc) is 2.51. The van der Waals surface area contributed by atoms with Crippen molar-refractivity contribution < 1.29 is 10.0 Å². The first-order valence-electron chi connectivity index (χ1n) is 6.86. The van der Waals surface area contributed by atoms with Gasteiger partial charge in [0.25, 0.3) is 5.91 Å². The van der Waals surface area contributed by atoms with Gasteiger partial charge in [0, 0.05) is 21.3 Å². The van der Waals surface area contributed by atoms with Gasteiger partial charge in [-0.3, -0.25) is 4.79 Å². The van der Waals surface area contributed by atoms with Crippen LogP contribution in [0.15, 0.2) is 64.2 Å². The molecule has 0 bridgehead atoms. The zero-order chi connectivity index (χ0) is 16.4. The Balaban J connectivity index is 1.98. The predicted octanol–water partition coefficient (Wildman–Crippen LogP) is 3.92. The molecule has 0 saturated carbocycles.